The lowest BCUT2D eigenvalue weighted by Crippen LogP contribution is -2.40. The number of hydrogen-bond acceptors (Lipinski definition) is 4. The largest absolute Gasteiger partial charge is 0.497 e. The first-order valence-electron chi connectivity index (χ1n) is 10.0. The number of amides is 1. The number of methoxy groups -OCH3 is 1. The van der Waals surface area contributed by atoms with Crippen LogP contribution in [-0.2, 0) is 11.2 Å². The summed E-state index contributed by atoms with van der Waals surface area (Å²) in [5, 5.41) is 0. The van der Waals surface area contributed by atoms with Crippen LogP contribution >= 0.6 is 0 Å². The minimum absolute atomic E-state index is 0.173. The van der Waals surface area contributed by atoms with E-state index in [1.165, 1.54) is 0 Å². The number of piperidine rings is 1. The van der Waals surface area contributed by atoms with Crippen LogP contribution < -0.4 is 4.74 Å². The van der Waals surface area contributed by atoms with Crippen LogP contribution in [0.3, 0.4) is 0 Å². The molecular formula is C24H25N3O2. The van der Waals surface area contributed by atoms with Crippen LogP contribution in [0.5, 0.6) is 5.75 Å². The minimum Gasteiger partial charge on any atom is -0.497 e. The van der Waals surface area contributed by atoms with Crippen LogP contribution in [0.15, 0.2) is 67.0 Å². The minimum atomic E-state index is 0.173. The zero-order valence-corrected chi connectivity index (χ0v) is 16.6. The monoisotopic (exact) mass is 387 g/mol. The molecule has 1 fully saturated rings. The van der Waals surface area contributed by atoms with E-state index in [-0.39, 0.29) is 11.8 Å². The lowest BCUT2D eigenvalue weighted by atomic mass is 9.93. The SMILES string of the molecule is COc1ccc(-c2cccc(C3CCCN(C(=O)Cc4ccncc4)C3)n2)cc1. The predicted molar refractivity (Wildman–Crippen MR) is 113 cm³/mol. The molecule has 5 heteroatoms. The van der Waals surface area contributed by atoms with Gasteiger partial charge in [0, 0.05) is 42.7 Å². The van der Waals surface area contributed by atoms with E-state index in [2.05, 4.69) is 17.1 Å². The molecule has 4 rings (SSSR count). The number of pyridine rings is 2. The summed E-state index contributed by atoms with van der Waals surface area (Å²) >= 11 is 0. The average Bonchev–Trinajstić information content (AvgIpc) is 2.80. The quantitative estimate of drug-likeness (QED) is 0.661. The summed E-state index contributed by atoms with van der Waals surface area (Å²) < 4.78 is 5.24. The van der Waals surface area contributed by atoms with Gasteiger partial charge in [0.25, 0.3) is 0 Å². The number of carbonyl (C=O) groups is 1. The molecule has 0 radical (unpaired) electrons. The van der Waals surface area contributed by atoms with Crippen molar-refractivity contribution in [1.82, 2.24) is 14.9 Å². The highest BCUT2D eigenvalue weighted by Gasteiger charge is 2.25. The van der Waals surface area contributed by atoms with Gasteiger partial charge in [-0.15, -0.1) is 0 Å². The Balaban J connectivity index is 1.47. The highest BCUT2D eigenvalue weighted by molar-refractivity contribution is 5.79. The first-order chi connectivity index (χ1) is 14.2. The number of aromatic nitrogens is 2. The lowest BCUT2D eigenvalue weighted by molar-refractivity contribution is -0.131. The van der Waals surface area contributed by atoms with E-state index in [9.17, 15) is 4.79 Å². The second-order valence-corrected chi connectivity index (χ2v) is 7.39. The molecule has 0 bridgehead atoms. The van der Waals surface area contributed by atoms with Gasteiger partial charge in [0.15, 0.2) is 0 Å². The van der Waals surface area contributed by atoms with E-state index in [4.69, 9.17) is 9.72 Å². The summed E-state index contributed by atoms with van der Waals surface area (Å²) in [5.74, 6) is 1.27. The first-order valence-corrected chi connectivity index (χ1v) is 10.0. The molecule has 0 N–H and O–H groups in total. The maximum atomic E-state index is 12.8. The molecule has 0 spiro atoms. The van der Waals surface area contributed by atoms with Crippen molar-refractivity contribution in [2.45, 2.75) is 25.2 Å². The zero-order valence-electron chi connectivity index (χ0n) is 16.6. The summed E-state index contributed by atoms with van der Waals surface area (Å²) in [7, 11) is 1.67. The Hall–Kier alpha value is -3.21. The molecule has 1 aliphatic rings. The molecule has 0 saturated carbocycles. The second-order valence-electron chi connectivity index (χ2n) is 7.39. The van der Waals surface area contributed by atoms with Gasteiger partial charge in [0.2, 0.25) is 5.91 Å². The van der Waals surface area contributed by atoms with Crippen LogP contribution in [0.2, 0.25) is 0 Å². The highest BCUT2D eigenvalue weighted by atomic mass is 16.5. The van der Waals surface area contributed by atoms with E-state index >= 15 is 0 Å². The molecule has 1 saturated heterocycles. The summed E-state index contributed by atoms with van der Waals surface area (Å²) in [4.78, 5) is 23.7. The van der Waals surface area contributed by atoms with Crippen LogP contribution in [0.1, 0.15) is 30.0 Å². The Labute approximate surface area is 171 Å². The molecule has 2 aromatic heterocycles. The molecule has 29 heavy (non-hydrogen) atoms. The number of hydrogen-bond donors (Lipinski definition) is 0. The topological polar surface area (TPSA) is 55.3 Å². The fourth-order valence-electron chi connectivity index (χ4n) is 3.83. The van der Waals surface area contributed by atoms with Crippen LogP contribution in [0.4, 0.5) is 0 Å². The van der Waals surface area contributed by atoms with Gasteiger partial charge in [-0.05, 0) is 66.9 Å². The molecule has 5 nitrogen and oxygen atoms in total. The van der Waals surface area contributed by atoms with Crippen molar-refractivity contribution in [2.75, 3.05) is 20.2 Å². The van der Waals surface area contributed by atoms with E-state index in [1.807, 2.05) is 47.4 Å². The van der Waals surface area contributed by atoms with Gasteiger partial charge >= 0.3 is 0 Å². The Morgan fingerprint density at radius 3 is 2.66 bits per heavy atom. The van der Waals surface area contributed by atoms with Crippen molar-refractivity contribution in [3.63, 3.8) is 0 Å². The van der Waals surface area contributed by atoms with Gasteiger partial charge in [-0.3, -0.25) is 14.8 Å². The zero-order chi connectivity index (χ0) is 20.1. The smallest absolute Gasteiger partial charge is 0.227 e. The van der Waals surface area contributed by atoms with Gasteiger partial charge in [0.1, 0.15) is 5.75 Å². The molecule has 148 valence electrons. The maximum absolute atomic E-state index is 12.8. The summed E-state index contributed by atoms with van der Waals surface area (Å²) in [6, 6.07) is 17.9. The summed E-state index contributed by atoms with van der Waals surface area (Å²) in [6.45, 7) is 1.54. The lowest BCUT2D eigenvalue weighted by Gasteiger charge is -2.32. The Morgan fingerprint density at radius 2 is 1.90 bits per heavy atom. The average molecular weight is 387 g/mol. The molecule has 1 unspecified atom stereocenters. The third-order valence-corrected chi connectivity index (χ3v) is 5.45. The number of rotatable bonds is 5. The molecule has 1 amide bonds. The van der Waals surface area contributed by atoms with Crippen molar-refractivity contribution < 1.29 is 9.53 Å². The third-order valence-electron chi connectivity index (χ3n) is 5.45. The first kappa shape index (κ1) is 19.1. The normalized spacial score (nSPS) is 16.4. The maximum Gasteiger partial charge on any atom is 0.227 e. The van der Waals surface area contributed by atoms with Gasteiger partial charge in [-0.25, -0.2) is 0 Å². The van der Waals surface area contributed by atoms with E-state index in [0.717, 1.165) is 54.2 Å². The molecule has 3 heterocycles. The number of likely N-dealkylation sites (tertiary alicyclic amines) is 1. The van der Waals surface area contributed by atoms with Gasteiger partial charge in [-0.1, -0.05) is 6.07 Å². The van der Waals surface area contributed by atoms with Crippen molar-refractivity contribution in [1.29, 1.82) is 0 Å². The van der Waals surface area contributed by atoms with Gasteiger partial charge < -0.3 is 9.64 Å². The third kappa shape index (κ3) is 4.62. The molecule has 3 aromatic rings. The van der Waals surface area contributed by atoms with Crippen LogP contribution in [-0.4, -0.2) is 41.0 Å². The van der Waals surface area contributed by atoms with Gasteiger partial charge in [0.05, 0.1) is 19.2 Å². The van der Waals surface area contributed by atoms with Crippen LogP contribution in [0, 0.1) is 0 Å². The van der Waals surface area contributed by atoms with Crippen molar-refractivity contribution >= 4 is 5.91 Å². The van der Waals surface area contributed by atoms with Crippen LogP contribution in [0.25, 0.3) is 11.3 Å². The Morgan fingerprint density at radius 1 is 1.10 bits per heavy atom. The Kier molecular flexibility index (Phi) is 5.84. The predicted octanol–water partition coefficient (Wildman–Crippen LogP) is 4.10. The number of nitrogens with zero attached hydrogens (tertiary/aromatic N) is 3. The summed E-state index contributed by atoms with van der Waals surface area (Å²) in [6.07, 6.45) is 5.94. The van der Waals surface area contributed by atoms with Crippen molar-refractivity contribution in [3.8, 4) is 17.0 Å². The number of ether oxygens (including phenoxy) is 1. The Bertz CT molecular complexity index is 957. The fourth-order valence-corrected chi connectivity index (χ4v) is 3.83. The van der Waals surface area contributed by atoms with E-state index < -0.39 is 0 Å². The van der Waals surface area contributed by atoms with Crippen molar-refractivity contribution in [2.24, 2.45) is 0 Å². The summed E-state index contributed by atoms with van der Waals surface area (Å²) in [5.41, 5.74) is 4.07. The highest BCUT2D eigenvalue weighted by Crippen LogP contribution is 2.28. The molecular weight excluding hydrogens is 362 g/mol. The van der Waals surface area contributed by atoms with Gasteiger partial charge in [-0.2, -0.15) is 0 Å². The number of carbonyl (C=O) groups excluding carboxylic acids is 1. The molecule has 1 atom stereocenters. The molecule has 0 aliphatic carbocycles. The van der Waals surface area contributed by atoms with E-state index in [1.54, 1.807) is 19.5 Å². The molecule has 1 aromatic carbocycles. The number of benzene rings is 1. The second kappa shape index (κ2) is 8.86. The fraction of sp³-hybridized carbons (Fsp3) is 0.292. The van der Waals surface area contributed by atoms with Crippen molar-refractivity contribution in [3.05, 3.63) is 78.2 Å². The van der Waals surface area contributed by atoms with E-state index in [0.29, 0.717) is 6.42 Å². The molecule has 1 aliphatic heterocycles. The standard InChI is InChI=1S/C24H25N3O2/c1-29-21-9-7-19(8-10-21)22-5-2-6-23(26-22)20-4-3-15-27(17-20)24(28)16-18-11-13-25-14-12-18/h2,5-14,20H,3-4,15-17H2,1H3.